The van der Waals surface area contributed by atoms with Crippen molar-refractivity contribution < 1.29 is 23.9 Å². The van der Waals surface area contributed by atoms with Crippen molar-refractivity contribution in [2.45, 2.75) is 69.4 Å². The molecule has 8 nitrogen and oxygen atoms in total. The summed E-state index contributed by atoms with van der Waals surface area (Å²) in [6.45, 7) is 1.48. The Morgan fingerprint density at radius 3 is 2.77 bits per heavy atom. The zero-order valence-electron chi connectivity index (χ0n) is 17.9. The highest BCUT2D eigenvalue weighted by molar-refractivity contribution is 6.07. The van der Waals surface area contributed by atoms with Crippen LogP contribution in [0, 0.1) is 0 Å². The van der Waals surface area contributed by atoms with Gasteiger partial charge in [-0.2, -0.15) is 0 Å². The third-order valence-electron chi connectivity index (χ3n) is 6.35. The first-order valence-corrected chi connectivity index (χ1v) is 11.3. The van der Waals surface area contributed by atoms with Crippen molar-refractivity contribution in [2.75, 3.05) is 25.1 Å². The fourth-order valence-electron chi connectivity index (χ4n) is 4.62. The Bertz CT molecular complexity index is 815. The van der Waals surface area contributed by atoms with Crippen LogP contribution in [0.25, 0.3) is 0 Å². The molecule has 2 N–H and O–H groups in total. The molecule has 1 saturated carbocycles. The molecule has 1 atom stereocenters. The van der Waals surface area contributed by atoms with Crippen LogP contribution in [0.1, 0.15) is 57.8 Å². The molecule has 1 unspecified atom stereocenters. The van der Waals surface area contributed by atoms with E-state index in [9.17, 15) is 14.4 Å². The first-order valence-electron chi connectivity index (χ1n) is 11.3. The largest absolute Gasteiger partial charge is 0.489 e. The van der Waals surface area contributed by atoms with Crippen LogP contribution in [-0.4, -0.2) is 54.1 Å². The molecule has 2 aliphatic heterocycles. The van der Waals surface area contributed by atoms with Gasteiger partial charge in [-0.1, -0.05) is 25.0 Å². The topological polar surface area (TPSA) is 97.0 Å². The minimum Gasteiger partial charge on any atom is -0.489 e. The summed E-state index contributed by atoms with van der Waals surface area (Å²) in [6.07, 6.45) is 7.26. The van der Waals surface area contributed by atoms with Gasteiger partial charge in [0.15, 0.2) is 0 Å². The van der Waals surface area contributed by atoms with Crippen molar-refractivity contribution >= 4 is 23.5 Å². The number of anilines is 1. The molecule has 31 heavy (non-hydrogen) atoms. The van der Waals surface area contributed by atoms with Crippen LogP contribution in [0.4, 0.5) is 10.5 Å². The van der Waals surface area contributed by atoms with Gasteiger partial charge >= 0.3 is 6.03 Å². The highest BCUT2D eigenvalue weighted by Crippen LogP contribution is 2.35. The Morgan fingerprint density at radius 1 is 1.19 bits per heavy atom. The molecule has 0 bridgehead atoms. The highest BCUT2D eigenvalue weighted by Gasteiger charge is 2.52. The second-order valence-electron chi connectivity index (χ2n) is 8.62. The lowest BCUT2D eigenvalue weighted by molar-refractivity contribution is -0.131. The van der Waals surface area contributed by atoms with Gasteiger partial charge in [0, 0.05) is 19.6 Å². The molecule has 1 aromatic carbocycles. The SMILES string of the molecule is O=C(CCCN1C(=O)NC2(CCCC2)C1=O)Nc1ccccc1OCC1CCCCO1. The van der Waals surface area contributed by atoms with E-state index in [4.69, 9.17) is 9.47 Å². The third-order valence-corrected chi connectivity index (χ3v) is 6.35. The molecule has 0 radical (unpaired) electrons. The second kappa shape index (κ2) is 9.68. The van der Waals surface area contributed by atoms with E-state index >= 15 is 0 Å². The Morgan fingerprint density at radius 2 is 2.00 bits per heavy atom. The van der Waals surface area contributed by atoms with Gasteiger partial charge < -0.3 is 20.1 Å². The number of para-hydroxylation sites is 2. The fourth-order valence-corrected chi connectivity index (χ4v) is 4.62. The lowest BCUT2D eigenvalue weighted by atomic mass is 9.98. The Labute approximate surface area is 182 Å². The zero-order valence-corrected chi connectivity index (χ0v) is 17.9. The van der Waals surface area contributed by atoms with Crippen molar-refractivity contribution in [2.24, 2.45) is 0 Å². The van der Waals surface area contributed by atoms with Crippen molar-refractivity contribution in [3.8, 4) is 5.75 Å². The average Bonchev–Trinajstić information content (AvgIpc) is 3.34. The van der Waals surface area contributed by atoms with Crippen molar-refractivity contribution in [1.29, 1.82) is 0 Å². The first kappa shape index (κ1) is 21.6. The van der Waals surface area contributed by atoms with E-state index in [1.54, 1.807) is 6.07 Å². The number of ether oxygens (including phenoxy) is 2. The molecule has 168 valence electrons. The summed E-state index contributed by atoms with van der Waals surface area (Å²) >= 11 is 0. The summed E-state index contributed by atoms with van der Waals surface area (Å²) in [7, 11) is 0. The predicted octanol–water partition coefficient (Wildman–Crippen LogP) is 3.22. The maximum Gasteiger partial charge on any atom is 0.325 e. The van der Waals surface area contributed by atoms with Gasteiger partial charge in [-0.3, -0.25) is 14.5 Å². The molecule has 4 rings (SSSR count). The number of urea groups is 1. The maximum atomic E-state index is 12.7. The zero-order chi connectivity index (χ0) is 21.7. The van der Waals surface area contributed by atoms with Crippen LogP contribution >= 0.6 is 0 Å². The lowest BCUT2D eigenvalue weighted by Crippen LogP contribution is -2.44. The van der Waals surface area contributed by atoms with Crippen LogP contribution in [0.2, 0.25) is 0 Å². The van der Waals surface area contributed by atoms with E-state index in [0.29, 0.717) is 37.3 Å². The number of carbonyl (C=O) groups excluding carboxylic acids is 3. The van der Waals surface area contributed by atoms with E-state index < -0.39 is 5.54 Å². The summed E-state index contributed by atoms with van der Waals surface area (Å²) in [5, 5.41) is 5.75. The molecule has 8 heteroatoms. The quantitative estimate of drug-likeness (QED) is 0.619. The molecule has 1 aliphatic carbocycles. The maximum absolute atomic E-state index is 12.7. The molecule has 1 aromatic rings. The summed E-state index contributed by atoms with van der Waals surface area (Å²) < 4.78 is 11.6. The average molecular weight is 430 g/mol. The van der Waals surface area contributed by atoms with Crippen LogP contribution in [-0.2, 0) is 14.3 Å². The minimum atomic E-state index is -0.697. The molecule has 3 aliphatic rings. The van der Waals surface area contributed by atoms with Gasteiger partial charge in [-0.25, -0.2) is 4.79 Å². The van der Waals surface area contributed by atoms with Gasteiger partial charge in [0.2, 0.25) is 5.91 Å². The number of rotatable bonds is 8. The summed E-state index contributed by atoms with van der Waals surface area (Å²) in [5.41, 5.74) is -0.0827. The number of amides is 4. The Kier molecular flexibility index (Phi) is 6.75. The Balaban J connectivity index is 1.25. The van der Waals surface area contributed by atoms with Gasteiger partial charge in [0.05, 0.1) is 11.8 Å². The molecular formula is C23H31N3O5. The Hall–Kier alpha value is -2.61. The minimum absolute atomic E-state index is 0.0878. The summed E-state index contributed by atoms with van der Waals surface area (Å²) in [5.74, 6) is 0.300. The number of benzene rings is 1. The monoisotopic (exact) mass is 429 g/mol. The number of hydrogen-bond donors (Lipinski definition) is 2. The van der Waals surface area contributed by atoms with Crippen molar-refractivity contribution in [3.05, 3.63) is 24.3 Å². The number of hydrogen-bond acceptors (Lipinski definition) is 5. The molecule has 3 fully saturated rings. The van der Waals surface area contributed by atoms with Crippen molar-refractivity contribution in [1.82, 2.24) is 10.2 Å². The predicted molar refractivity (Wildman–Crippen MR) is 115 cm³/mol. The van der Waals surface area contributed by atoms with E-state index in [2.05, 4.69) is 10.6 Å². The smallest absolute Gasteiger partial charge is 0.325 e. The first-order chi connectivity index (χ1) is 15.1. The van der Waals surface area contributed by atoms with E-state index in [-0.39, 0.29) is 36.9 Å². The number of imide groups is 1. The highest BCUT2D eigenvalue weighted by atomic mass is 16.5. The van der Waals surface area contributed by atoms with Gasteiger partial charge in [-0.05, 0) is 50.7 Å². The second-order valence-corrected chi connectivity index (χ2v) is 8.62. The fraction of sp³-hybridized carbons (Fsp3) is 0.609. The van der Waals surface area contributed by atoms with E-state index in [0.717, 1.165) is 38.7 Å². The molecule has 2 heterocycles. The summed E-state index contributed by atoms with van der Waals surface area (Å²) in [6, 6.07) is 7.00. The number of carbonyl (C=O) groups is 3. The van der Waals surface area contributed by atoms with Gasteiger partial charge in [-0.15, -0.1) is 0 Å². The third kappa shape index (κ3) is 5.01. The van der Waals surface area contributed by atoms with E-state index in [1.165, 1.54) is 4.90 Å². The lowest BCUT2D eigenvalue weighted by Gasteiger charge is -2.23. The standard InChI is InChI=1S/C23H31N3O5/c27-20(11-7-14-26-21(28)23(25-22(26)29)12-4-5-13-23)24-18-9-1-2-10-19(18)31-16-17-8-3-6-15-30-17/h1-2,9-10,17H,3-8,11-16H2,(H,24,27)(H,25,29). The summed E-state index contributed by atoms with van der Waals surface area (Å²) in [4.78, 5) is 38.6. The number of nitrogens with zero attached hydrogens (tertiary/aromatic N) is 1. The van der Waals surface area contributed by atoms with Crippen LogP contribution in [0.15, 0.2) is 24.3 Å². The van der Waals surface area contributed by atoms with Gasteiger partial charge in [0.1, 0.15) is 17.9 Å². The normalized spacial score (nSPS) is 22.6. The molecular weight excluding hydrogens is 398 g/mol. The van der Waals surface area contributed by atoms with Crippen LogP contribution in [0.5, 0.6) is 5.75 Å². The molecule has 0 aromatic heterocycles. The number of nitrogens with one attached hydrogen (secondary N) is 2. The molecule has 1 spiro atoms. The molecule has 4 amide bonds. The van der Waals surface area contributed by atoms with Crippen molar-refractivity contribution in [3.63, 3.8) is 0 Å². The van der Waals surface area contributed by atoms with E-state index in [1.807, 2.05) is 18.2 Å². The van der Waals surface area contributed by atoms with Crippen LogP contribution < -0.4 is 15.4 Å². The van der Waals surface area contributed by atoms with Gasteiger partial charge in [0.25, 0.3) is 5.91 Å². The molecule has 2 saturated heterocycles. The van der Waals surface area contributed by atoms with Crippen LogP contribution in [0.3, 0.4) is 0 Å².